The summed E-state index contributed by atoms with van der Waals surface area (Å²) in [5, 5.41) is 9.58. The minimum Gasteiger partial charge on any atom is -0.465 e. The quantitative estimate of drug-likeness (QED) is 0.769. The van der Waals surface area contributed by atoms with Gasteiger partial charge in [-0.25, -0.2) is 0 Å². The molecule has 0 aromatic carbocycles. The van der Waals surface area contributed by atoms with Crippen LogP contribution in [0.15, 0.2) is 47.0 Å². The van der Waals surface area contributed by atoms with Gasteiger partial charge in [-0.1, -0.05) is 6.07 Å². The number of amides is 1. The Bertz CT molecular complexity index is 746. The first-order chi connectivity index (χ1) is 10.2. The van der Waals surface area contributed by atoms with E-state index in [2.05, 4.69) is 20.5 Å². The fraction of sp³-hybridized carbons (Fsp3) is 0.133. The second-order valence-electron chi connectivity index (χ2n) is 4.58. The minimum absolute atomic E-state index is 0.237. The summed E-state index contributed by atoms with van der Waals surface area (Å²) in [5.74, 6) is 1.29. The molecular weight excluding hydrogens is 268 g/mol. The summed E-state index contributed by atoms with van der Waals surface area (Å²) in [6.45, 7) is 2.20. The molecule has 2 N–H and O–H groups in total. The Morgan fingerprint density at radius 3 is 2.90 bits per heavy atom. The van der Waals surface area contributed by atoms with Gasteiger partial charge in [0, 0.05) is 6.20 Å². The van der Waals surface area contributed by atoms with Crippen molar-refractivity contribution in [2.45, 2.75) is 13.5 Å². The Morgan fingerprint density at radius 1 is 1.29 bits per heavy atom. The van der Waals surface area contributed by atoms with Crippen LogP contribution in [0.3, 0.4) is 0 Å². The predicted molar refractivity (Wildman–Crippen MR) is 76.4 cm³/mol. The van der Waals surface area contributed by atoms with E-state index in [0.29, 0.717) is 23.7 Å². The van der Waals surface area contributed by atoms with Gasteiger partial charge in [0.25, 0.3) is 5.91 Å². The maximum atomic E-state index is 12.0. The van der Waals surface area contributed by atoms with Crippen LogP contribution in [-0.4, -0.2) is 21.1 Å². The van der Waals surface area contributed by atoms with Gasteiger partial charge in [0.1, 0.15) is 22.9 Å². The molecule has 0 spiro atoms. The van der Waals surface area contributed by atoms with Crippen LogP contribution in [0.5, 0.6) is 0 Å². The van der Waals surface area contributed by atoms with Crippen LogP contribution >= 0.6 is 0 Å². The first-order valence-electron chi connectivity index (χ1n) is 6.53. The third-order valence-corrected chi connectivity index (χ3v) is 2.97. The van der Waals surface area contributed by atoms with Gasteiger partial charge in [-0.05, 0) is 37.3 Å². The molecule has 0 aliphatic carbocycles. The number of aromatic amines is 1. The second-order valence-corrected chi connectivity index (χ2v) is 4.58. The Hall–Kier alpha value is -2.89. The van der Waals surface area contributed by atoms with Gasteiger partial charge in [0.15, 0.2) is 0 Å². The van der Waals surface area contributed by atoms with E-state index in [0.717, 1.165) is 11.5 Å². The van der Waals surface area contributed by atoms with E-state index in [1.54, 1.807) is 12.3 Å². The number of rotatable bonds is 4. The van der Waals surface area contributed by atoms with Gasteiger partial charge in [-0.3, -0.25) is 14.9 Å². The number of carbonyl (C=O) groups is 1. The van der Waals surface area contributed by atoms with Crippen LogP contribution in [0.1, 0.15) is 22.0 Å². The Balaban J connectivity index is 1.67. The molecule has 1 amide bonds. The zero-order chi connectivity index (χ0) is 14.7. The summed E-state index contributed by atoms with van der Waals surface area (Å²) in [6.07, 6.45) is 1.68. The van der Waals surface area contributed by atoms with Gasteiger partial charge in [0.05, 0.1) is 12.2 Å². The zero-order valence-electron chi connectivity index (χ0n) is 11.5. The summed E-state index contributed by atoms with van der Waals surface area (Å²) in [7, 11) is 0. The summed E-state index contributed by atoms with van der Waals surface area (Å²) in [4.78, 5) is 16.2. The lowest BCUT2D eigenvalue weighted by atomic mass is 10.2. The lowest BCUT2D eigenvalue weighted by Crippen LogP contribution is -2.22. The van der Waals surface area contributed by atoms with E-state index in [9.17, 15) is 4.79 Å². The number of aryl methyl sites for hydroxylation is 1. The van der Waals surface area contributed by atoms with Crippen molar-refractivity contribution in [2.75, 3.05) is 0 Å². The summed E-state index contributed by atoms with van der Waals surface area (Å²) >= 11 is 0. The van der Waals surface area contributed by atoms with Crippen LogP contribution in [0.25, 0.3) is 11.4 Å². The largest absolute Gasteiger partial charge is 0.465 e. The van der Waals surface area contributed by atoms with Gasteiger partial charge < -0.3 is 9.73 Å². The number of furan rings is 1. The normalized spacial score (nSPS) is 10.5. The summed E-state index contributed by atoms with van der Waals surface area (Å²) in [5.41, 5.74) is 1.74. The lowest BCUT2D eigenvalue weighted by molar-refractivity contribution is 0.0943. The third-order valence-electron chi connectivity index (χ3n) is 2.97. The summed E-state index contributed by atoms with van der Waals surface area (Å²) < 4.78 is 5.39. The summed E-state index contributed by atoms with van der Waals surface area (Å²) in [6, 6.07) is 10.9. The molecule has 0 atom stereocenters. The van der Waals surface area contributed by atoms with Gasteiger partial charge in [-0.2, -0.15) is 5.10 Å². The highest BCUT2D eigenvalue weighted by Gasteiger charge is 2.11. The standard InChI is InChI=1S/C15H14N4O2/c1-10-5-6-11(21-10)9-17-15(20)14-8-13(18-19-14)12-4-2-3-7-16-12/h2-8H,9H2,1H3,(H,17,20)(H,18,19). The molecule has 3 rings (SSSR count). The minimum atomic E-state index is -0.237. The third kappa shape index (κ3) is 3.00. The van der Waals surface area contributed by atoms with Crippen LogP contribution < -0.4 is 5.32 Å². The molecule has 0 saturated carbocycles. The zero-order valence-corrected chi connectivity index (χ0v) is 11.5. The maximum Gasteiger partial charge on any atom is 0.269 e. The number of H-pyrrole nitrogens is 1. The highest BCUT2D eigenvalue weighted by Crippen LogP contribution is 2.14. The van der Waals surface area contributed by atoms with Crippen LogP contribution in [0, 0.1) is 6.92 Å². The molecule has 0 aliphatic rings. The number of aromatic nitrogens is 3. The molecule has 3 aromatic rings. The first kappa shape index (κ1) is 13.1. The van der Waals surface area contributed by atoms with Gasteiger partial charge >= 0.3 is 0 Å². The number of hydrogen-bond donors (Lipinski definition) is 2. The molecule has 3 aromatic heterocycles. The number of hydrogen-bond acceptors (Lipinski definition) is 4. The molecule has 106 valence electrons. The molecule has 3 heterocycles. The average Bonchev–Trinajstić information content (AvgIpc) is 3.15. The molecular formula is C15H14N4O2. The smallest absolute Gasteiger partial charge is 0.269 e. The SMILES string of the molecule is Cc1ccc(CNC(=O)c2cc(-c3ccccn3)n[nH]2)o1. The van der Waals surface area contributed by atoms with E-state index in [1.165, 1.54) is 0 Å². The fourth-order valence-corrected chi connectivity index (χ4v) is 1.93. The van der Waals surface area contributed by atoms with Crippen molar-refractivity contribution >= 4 is 5.91 Å². The van der Waals surface area contributed by atoms with Crippen molar-refractivity contribution < 1.29 is 9.21 Å². The predicted octanol–water partition coefficient (Wildman–Crippen LogP) is 2.30. The molecule has 0 radical (unpaired) electrons. The Labute approximate surface area is 121 Å². The maximum absolute atomic E-state index is 12.0. The van der Waals surface area contributed by atoms with E-state index in [4.69, 9.17) is 4.42 Å². The topological polar surface area (TPSA) is 83.8 Å². The van der Waals surface area contributed by atoms with Crippen LogP contribution in [-0.2, 0) is 6.54 Å². The molecule has 21 heavy (non-hydrogen) atoms. The molecule has 6 heteroatoms. The molecule has 0 fully saturated rings. The number of pyridine rings is 1. The van der Waals surface area contributed by atoms with Crippen LogP contribution in [0.4, 0.5) is 0 Å². The number of nitrogens with one attached hydrogen (secondary N) is 2. The Kier molecular flexibility index (Phi) is 3.51. The second kappa shape index (κ2) is 5.62. The van der Waals surface area contributed by atoms with Gasteiger partial charge in [0.2, 0.25) is 0 Å². The molecule has 0 aliphatic heterocycles. The fourth-order valence-electron chi connectivity index (χ4n) is 1.93. The monoisotopic (exact) mass is 282 g/mol. The highest BCUT2D eigenvalue weighted by molar-refractivity contribution is 5.93. The van der Waals surface area contributed by atoms with Gasteiger partial charge in [-0.15, -0.1) is 0 Å². The number of carbonyl (C=O) groups excluding carboxylic acids is 1. The van der Waals surface area contributed by atoms with Crippen molar-refractivity contribution in [1.82, 2.24) is 20.5 Å². The average molecular weight is 282 g/mol. The first-order valence-corrected chi connectivity index (χ1v) is 6.53. The molecule has 0 bridgehead atoms. The lowest BCUT2D eigenvalue weighted by Gasteiger charge is -2.00. The van der Waals surface area contributed by atoms with Crippen molar-refractivity contribution in [3.05, 3.63) is 59.8 Å². The molecule has 0 saturated heterocycles. The van der Waals surface area contributed by atoms with E-state index >= 15 is 0 Å². The van der Waals surface area contributed by atoms with Crippen LogP contribution in [0.2, 0.25) is 0 Å². The Morgan fingerprint density at radius 2 is 2.19 bits per heavy atom. The van der Waals surface area contributed by atoms with E-state index in [1.807, 2.05) is 37.3 Å². The van der Waals surface area contributed by atoms with Crippen molar-refractivity contribution in [2.24, 2.45) is 0 Å². The molecule has 6 nitrogen and oxygen atoms in total. The van der Waals surface area contributed by atoms with Crippen molar-refractivity contribution in [3.8, 4) is 11.4 Å². The highest BCUT2D eigenvalue weighted by atomic mass is 16.3. The van der Waals surface area contributed by atoms with Crippen molar-refractivity contribution in [1.29, 1.82) is 0 Å². The number of nitrogens with zero attached hydrogens (tertiary/aromatic N) is 2. The van der Waals surface area contributed by atoms with E-state index < -0.39 is 0 Å². The van der Waals surface area contributed by atoms with E-state index in [-0.39, 0.29) is 5.91 Å². The van der Waals surface area contributed by atoms with Crippen molar-refractivity contribution in [3.63, 3.8) is 0 Å². The molecule has 0 unspecified atom stereocenters.